The van der Waals surface area contributed by atoms with Crippen molar-refractivity contribution in [3.05, 3.63) is 30.3 Å². The van der Waals surface area contributed by atoms with Crippen molar-refractivity contribution >= 4 is 5.97 Å². The molecule has 1 aromatic carbocycles. The molecule has 1 aliphatic rings. The van der Waals surface area contributed by atoms with Gasteiger partial charge in [-0.2, -0.15) is 0 Å². The Bertz CT molecular complexity index is 361. The zero-order valence-electron chi connectivity index (χ0n) is 10.1. The summed E-state index contributed by atoms with van der Waals surface area (Å²) in [6, 6.07) is 9.84. The standard InChI is InChI=1S/C14H18O3/c1-16-14(15)10-11-7-8-13(9-11)17-12-5-3-2-4-6-12/h2-6,11,13H,7-10H2,1H3. The zero-order valence-corrected chi connectivity index (χ0v) is 10.1. The molecular weight excluding hydrogens is 216 g/mol. The molecule has 0 heterocycles. The van der Waals surface area contributed by atoms with Gasteiger partial charge in [-0.05, 0) is 37.3 Å². The zero-order chi connectivity index (χ0) is 12.1. The van der Waals surface area contributed by atoms with E-state index in [0.29, 0.717) is 12.3 Å². The molecule has 2 rings (SSSR count). The molecule has 1 fully saturated rings. The van der Waals surface area contributed by atoms with E-state index in [9.17, 15) is 4.79 Å². The van der Waals surface area contributed by atoms with Gasteiger partial charge in [-0.1, -0.05) is 18.2 Å². The van der Waals surface area contributed by atoms with Crippen LogP contribution in [0.4, 0.5) is 0 Å². The van der Waals surface area contributed by atoms with Crippen LogP contribution in [0.1, 0.15) is 25.7 Å². The lowest BCUT2D eigenvalue weighted by molar-refractivity contribution is -0.141. The Hall–Kier alpha value is -1.51. The first-order valence-electron chi connectivity index (χ1n) is 6.06. The molecule has 0 aromatic heterocycles. The van der Waals surface area contributed by atoms with Crippen LogP contribution >= 0.6 is 0 Å². The van der Waals surface area contributed by atoms with Crippen molar-refractivity contribution in [1.82, 2.24) is 0 Å². The van der Waals surface area contributed by atoms with E-state index in [1.165, 1.54) is 7.11 Å². The lowest BCUT2D eigenvalue weighted by atomic mass is 10.0. The van der Waals surface area contributed by atoms with Crippen molar-refractivity contribution in [3.63, 3.8) is 0 Å². The fourth-order valence-corrected chi connectivity index (χ4v) is 2.33. The molecule has 3 nitrogen and oxygen atoms in total. The van der Waals surface area contributed by atoms with Crippen molar-refractivity contribution in [3.8, 4) is 5.75 Å². The third kappa shape index (κ3) is 3.48. The number of carbonyl (C=O) groups excluding carboxylic acids is 1. The molecule has 0 amide bonds. The van der Waals surface area contributed by atoms with E-state index in [4.69, 9.17) is 4.74 Å². The molecule has 2 atom stereocenters. The Morgan fingerprint density at radius 2 is 2.06 bits per heavy atom. The van der Waals surface area contributed by atoms with E-state index in [0.717, 1.165) is 25.0 Å². The second kappa shape index (κ2) is 5.71. The smallest absolute Gasteiger partial charge is 0.305 e. The van der Waals surface area contributed by atoms with Crippen LogP contribution in [0.5, 0.6) is 5.75 Å². The number of methoxy groups -OCH3 is 1. The lowest BCUT2D eigenvalue weighted by Gasteiger charge is -2.13. The van der Waals surface area contributed by atoms with E-state index in [1.807, 2.05) is 30.3 Å². The molecular formula is C14H18O3. The molecule has 1 saturated carbocycles. The first-order valence-corrected chi connectivity index (χ1v) is 6.06. The van der Waals surface area contributed by atoms with E-state index >= 15 is 0 Å². The van der Waals surface area contributed by atoms with Crippen LogP contribution < -0.4 is 4.74 Å². The maximum absolute atomic E-state index is 11.2. The highest BCUT2D eigenvalue weighted by Gasteiger charge is 2.27. The van der Waals surface area contributed by atoms with Gasteiger partial charge >= 0.3 is 5.97 Å². The molecule has 0 aliphatic heterocycles. The molecule has 1 aliphatic carbocycles. The van der Waals surface area contributed by atoms with Crippen LogP contribution in [0.15, 0.2) is 30.3 Å². The van der Waals surface area contributed by atoms with Gasteiger partial charge in [0.1, 0.15) is 5.75 Å². The summed E-state index contributed by atoms with van der Waals surface area (Å²) in [7, 11) is 1.44. The van der Waals surface area contributed by atoms with E-state index in [1.54, 1.807) is 0 Å². The number of hydrogen-bond acceptors (Lipinski definition) is 3. The Kier molecular flexibility index (Phi) is 4.02. The molecule has 17 heavy (non-hydrogen) atoms. The summed E-state index contributed by atoms with van der Waals surface area (Å²) in [6.07, 6.45) is 3.78. The van der Waals surface area contributed by atoms with Crippen molar-refractivity contribution < 1.29 is 14.3 Å². The monoisotopic (exact) mass is 234 g/mol. The average Bonchev–Trinajstić information content (AvgIpc) is 2.77. The predicted molar refractivity (Wildman–Crippen MR) is 64.8 cm³/mol. The third-order valence-corrected chi connectivity index (χ3v) is 3.22. The SMILES string of the molecule is COC(=O)CC1CCC(Oc2ccccc2)C1. The van der Waals surface area contributed by atoms with Gasteiger partial charge in [0.05, 0.1) is 13.2 Å². The Labute approximate surface area is 102 Å². The first-order chi connectivity index (χ1) is 8.28. The minimum atomic E-state index is -0.115. The van der Waals surface area contributed by atoms with E-state index < -0.39 is 0 Å². The van der Waals surface area contributed by atoms with E-state index in [-0.39, 0.29) is 12.1 Å². The summed E-state index contributed by atoms with van der Waals surface area (Å²) < 4.78 is 10.6. The van der Waals surface area contributed by atoms with Gasteiger partial charge in [0.2, 0.25) is 0 Å². The van der Waals surface area contributed by atoms with Gasteiger partial charge in [0, 0.05) is 6.42 Å². The fraction of sp³-hybridized carbons (Fsp3) is 0.500. The van der Waals surface area contributed by atoms with Crippen LogP contribution in [0.3, 0.4) is 0 Å². The van der Waals surface area contributed by atoms with Gasteiger partial charge in [-0.3, -0.25) is 4.79 Å². The summed E-state index contributed by atoms with van der Waals surface area (Å²) in [6.45, 7) is 0. The van der Waals surface area contributed by atoms with Crippen LogP contribution in [0.25, 0.3) is 0 Å². The van der Waals surface area contributed by atoms with Gasteiger partial charge < -0.3 is 9.47 Å². The number of esters is 1. The second-order valence-electron chi connectivity index (χ2n) is 4.51. The first kappa shape index (κ1) is 12.0. The second-order valence-corrected chi connectivity index (χ2v) is 4.51. The Balaban J connectivity index is 1.80. The maximum atomic E-state index is 11.2. The molecule has 1 aromatic rings. The molecule has 0 saturated heterocycles. The van der Waals surface area contributed by atoms with Crippen molar-refractivity contribution in [2.75, 3.05) is 7.11 Å². The normalized spacial score (nSPS) is 23.4. The van der Waals surface area contributed by atoms with Crippen LogP contribution in [-0.2, 0) is 9.53 Å². The molecule has 0 N–H and O–H groups in total. The van der Waals surface area contributed by atoms with Crippen LogP contribution in [0.2, 0.25) is 0 Å². The summed E-state index contributed by atoms with van der Waals surface area (Å²) >= 11 is 0. The highest BCUT2D eigenvalue weighted by molar-refractivity contribution is 5.69. The number of ether oxygens (including phenoxy) is 2. The quantitative estimate of drug-likeness (QED) is 0.751. The highest BCUT2D eigenvalue weighted by Crippen LogP contribution is 2.31. The largest absolute Gasteiger partial charge is 0.490 e. The number of carbonyl (C=O) groups is 1. The number of para-hydroxylation sites is 1. The third-order valence-electron chi connectivity index (χ3n) is 3.22. The summed E-state index contributed by atoms with van der Waals surface area (Å²) in [5.41, 5.74) is 0. The summed E-state index contributed by atoms with van der Waals surface area (Å²) in [5, 5.41) is 0. The highest BCUT2D eigenvalue weighted by atomic mass is 16.5. The molecule has 0 radical (unpaired) electrons. The molecule has 3 heteroatoms. The number of rotatable bonds is 4. The van der Waals surface area contributed by atoms with Gasteiger partial charge in [-0.15, -0.1) is 0 Å². The number of hydrogen-bond donors (Lipinski definition) is 0. The van der Waals surface area contributed by atoms with Gasteiger partial charge in [-0.25, -0.2) is 0 Å². The van der Waals surface area contributed by atoms with Crippen molar-refractivity contribution in [2.45, 2.75) is 31.8 Å². The van der Waals surface area contributed by atoms with Gasteiger partial charge in [0.15, 0.2) is 0 Å². The van der Waals surface area contributed by atoms with Crippen molar-refractivity contribution in [2.24, 2.45) is 5.92 Å². The predicted octanol–water partition coefficient (Wildman–Crippen LogP) is 2.80. The summed E-state index contributed by atoms with van der Waals surface area (Å²) in [4.78, 5) is 11.2. The fourth-order valence-electron chi connectivity index (χ4n) is 2.33. The van der Waals surface area contributed by atoms with E-state index in [2.05, 4.69) is 4.74 Å². The molecule has 92 valence electrons. The molecule has 2 unspecified atom stereocenters. The molecule has 0 spiro atoms. The maximum Gasteiger partial charge on any atom is 0.305 e. The van der Waals surface area contributed by atoms with Crippen molar-refractivity contribution in [1.29, 1.82) is 0 Å². The van der Waals surface area contributed by atoms with Crippen LogP contribution in [0, 0.1) is 5.92 Å². The topological polar surface area (TPSA) is 35.5 Å². The lowest BCUT2D eigenvalue weighted by Crippen LogP contribution is -2.13. The van der Waals surface area contributed by atoms with Gasteiger partial charge in [0.25, 0.3) is 0 Å². The van der Waals surface area contributed by atoms with Crippen LogP contribution in [-0.4, -0.2) is 19.2 Å². The number of benzene rings is 1. The Morgan fingerprint density at radius 1 is 1.29 bits per heavy atom. The minimum Gasteiger partial charge on any atom is -0.490 e. The Morgan fingerprint density at radius 3 is 2.76 bits per heavy atom. The molecule has 0 bridgehead atoms. The minimum absolute atomic E-state index is 0.115. The average molecular weight is 234 g/mol. The summed E-state index contributed by atoms with van der Waals surface area (Å²) in [5.74, 6) is 1.21.